The van der Waals surface area contributed by atoms with Crippen molar-refractivity contribution in [3.05, 3.63) is 55.6 Å². The SMILES string of the molecule is [CH2]CCNCCN(C=C)Cc1ccccc1. The maximum Gasteiger partial charge on any atom is 0.0424 e. The average Bonchev–Trinajstić information content (AvgIpc) is 2.34. The van der Waals surface area contributed by atoms with E-state index in [2.05, 4.69) is 48.0 Å². The van der Waals surface area contributed by atoms with Crippen LogP contribution in [0.25, 0.3) is 0 Å². The maximum absolute atomic E-state index is 3.84. The van der Waals surface area contributed by atoms with Gasteiger partial charge in [-0.25, -0.2) is 0 Å². The van der Waals surface area contributed by atoms with Gasteiger partial charge >= 0.3 is 0 Å². The fourth-order valence-electron chi connectivity index (χ4n) is 1.53. The quantitative estimate of drug-likeness (QED) is 0.673. The summed E-state index contributed by atoms with van der Waals surface area (Å²) < 4.78 is 0. The summed E-state index contributed by atoms with van der Waals surface area (Å²) in [6.07, 6.45) is 2.84. The molecule has 0 atom stereocenters. The summed E-state index contributed by atoms with van der Waals surface area (Å²) in [6, 6.07) is 10.5. The number of nitrogens with zero attached hydrogens (tertiary/aromatic N) is 1. The van der Waals surface area contributed by atoms with Gasteiger partial charge in [-0.15, -0.1) is 0 Å². The highest BCUT2D eigenvalue weighted by Crippen LogP contribution is 2.03. The second kappa shape index (κ2) is 7.94. The highest BCUT2D eigenvalue weighted by atomic mass is 15.1. The molecule has 1 aromatic carbocycles. The summed E-state index contributed by atoms with van der Waals surface area (Å²) in [6.45, 7) is 11.5. The molecule has 0 aromatic heterocycles. The lowest BCUT2D eigenvalue weighted by molar-refractivity contribution is 0.365. The minimum Gasteiger partial charge on any atom is -0.372 e. The topological polar surface area (TPSA) is 15.3 Å². The first-order valence-electron chi connectivity index (χ1n) is 5.77. The van der Waals surface area contributed by atoms with Gasteiger partial charge in [0, 0.05) is 19.6 Å². The van der Waals surface area contributed by atoms with Crippen LogP contribution >= 0.6 is 0 Å². The molecule has 0 unspecified atom stereocenters. The normalized spacial score (nSPS) is 10.1. The minimum atomic E-state index is 0.927. The zero-order valence-electron chi connectivity index (χ0n) is 9.86. The summed E-state index contributed by atoms with van der Waals surface area (Å²) in [5.74, 6) is 0. The molecule has 2 nitrogen and oxygen atoms in total. The van der Waals surface area contributed by atoms with E-state index in [4.69, 9.17) is 0 Å². The van der Waals surface area contributed by atoms with Gasteiger partial charge in [0.15, 0.2) is 0 Å². The number of nitrogens with one attached hydrogen (secondary N) is 1. The van der Waals surface area contributed by atoms with Crippen LogP contribution in [0.5, 0.6) is 0 Å². The Morgan fingerprint density at radius 1 is 1.19 bits per heavy atom. The van der Waals surface area contributed by atoms with Crippen LogP contribution in [0.2, 0.25) is 0 Å². The summed E-state index contributed by atoms with van der Waals surface area (Å²) in [4.78, 5) is 2.21. The van der Waals surface area contributed by atoms with Crippen molar-refractivity contribution in [3.63, 3.8) is 0 Å². The van der Waals surface area contributed by atoms with E-state index in [1.54, 1.807) is 0 Å². The fourth-order valence-corrected chi connectivity index (χ4v) is 1.53. The van der Waals surface area contributed by atoms with Crippen LogP contribution in [0.3, 0.4) is 0 Å². The molecular formula is C14H21N2. The lowest BCUT2D eigenvalue weighted by atomic mass is 10.2. The van der Waals surface area contributed by atoms with Gasteiger partial charge in [0.25, 0.3) is 0 Å². The zero-order valence-corrected chi connectivity index (χ0v) is 9.86. The molecule has 1 N–H and O–H groups in total. The Morgan fingerprint density at radius 3 is 2.56 bits per heavy atom. The molecule has 1 rings (SSSR count). The van der Waals surface area contributed by atoms with Gasteiger partial charge in [-0.2, -0.15) is 0 Å². The van der Waals surface area contributed by atoms with Crippen LogP contribution in [0.4, 0.5) is 0 Å². The molecule has 0 fully saturated rings. The lowest BCUT2D eigenvalue weighted by Gasteiger charge is -2.20. The second-order valence-corrected chi connectivity index (χ2v) is 3.74. The van der Waals surface area contributed by atoms with Gasteiger partial charge in [0.2, 0.25) is 0 Å². The summed E-state index contributed by atoms with van der Waals surface area (Å²) in [7, 11) is 0. The Labute approximate surface area is 99.0 Å². The number of hydrogen-bond acceptors (Lipinski definition) is 2. The molecule has 87 valence electrons. The monoisotopic (exact) mass is 217 g/mol. The Morgan fingerprint density at radius 2 is 1.94 bits per heavy atom. The molecule has 0 aliphatic rings. The molecule has 0 amide bonds. The Balaban J connectivity index is 2.29. The van der Waals surface area contributed by atoms with Crippen molar-refractivity contribution in [1.82, 2.24) is 10.2 Å². The van der Waals surface area contributed by atoms with Gasteiger partial charge in [-0.1, -0.05) is 43.8 Å². The number of rotatable bonds is 8. The molecule has 1 radical (unpaired) electrons. The van der Waals surface area contributed by atoms with E-state index in [0.717, 1.165) is 32.6 Å². The van der Waals surface area contributed by atoms with E-state index in [1.807, 2.05) is 12.3 Å². The summed E-state index contributed by atoms with van der Waals surface area (Å²) >= 11 is 0. The van der Waals surface area contributed by atoms with E-state index in [1.165, 1.54) is 5.56 Å². The van der Waals surface area contributed by atoms with Crippen LogP contribution in [0.15, 0.2) is 43.1 Å². The molecular weight excluding hydrogens is 196 g/mol. The molecule has 0 aliphatic heterocycles. The van der Waals surface area contributed by atoms with Crippen molar-refractivity contribution in [2.45, 2.75) is 13.0 Å². The van der Waals surface area contributed by atoms with Crippen LogP contribution in [-0.2, 0) is 6.54 Å². The van der Waals surface area contributed by atoms with Crippen LogP contribution in [0, 0.1) is 6.92 Å². The van der Waals surface area contributed by atoms with Gasteiger partial charge in [-0.05, 0) is 24.7 Å². The molecule has 0 aliphatic carbocycles. The number of hydrogen-bond donors (Lipinski definition) is 1. The highest BCUT2D eigenvalue weighted by molar-refractivity contribution is 5.14. The van der Waals surface area contributed by atoms with Crippen LogP contribution in [-0.4, -0.2) is 24.5 Å². The van der Waals surface area contributed by atoms with E-state index < -0.39 is 0 Å². The van der Waals surface area contributed by atoms with Crippen LogP contribution in [0.1, 0.15) is 12.0 Å². The summed E-state index contributed by atoms with van der Waals surface area (Å²) in [5.41, 5.74) is 1.32. The van der Waals surface area contributed by atoms with Crippen molar-refractivity contribution in [3.8, 4) is 0 Å². The highest BCUT2D eigenvalue weighted by Gasteiger charge is 1.99. The molecule has 0 saturated carbocycles. The Bertz CT molecular complexity index is 282. The first-order chi connectivity index (χ1) is 7.86. The predicted molar refractivity (Wildman–Crippen MR) is 69.9 cm³/mol. The molecule has 1 aromatic rings. The third kappa shape index (κ3) is 4.99. The zero-order chi connectivity index (χ0) is 11.6. The maximum atomic E-state index is 3.84. The third-order valence-electron chi connectivity index (χ3n) is 2.42. The largest absolute Gasteiger partial charge is 0.372 e. The first kappa shape index (κ1) is 12.8. The molecule has 0 spiro atoms. The predicted octanol–water partition coefficient (Wildman–Crippen LogP) is 2.45. The van der Waals surface area contributed by atoms with Crippen molar-refractivity contribution < 1.29 is 0 Å². The molecule has 2 heteroatoms. The van der Waals surface area contributed by atoms with Crippen molar-refractivity contribution >= 4 is 0 Å². The fraction of sp³-hybridized carbons (Fsp3) is 0.357. The van der Waals surface area contributed by atoms with E-state index in [-0.39, 0.29) is 0 Å². The average molecular weight is 217 g/mol. The van der Waals surface area contributed by atoms with Gasteiger partial charge < -0.3 is 10.2 Å². The van der Waals surface area contributed by atoms with E-state index in [9.17, 15) is 0 Å². The minimum absolute atomic E-state index is 0.927. The Kier molecular flexibility index (Phi) is 6.35. The Hall–Kier alpha value is -1.28. The van der Waals surface area contributed by atoms with Gasteiger partial charge in [-0.3, -0.25) is 0 Å². The smallest absolute Gasteiger partial charge is 0.0424 e. The molecule has 0 bridgehead atoms. The van der Waals surface area contributed by atoms with Crippen molar-refractivity contribution in [2.24, 2.45) is 0 Å². The molecule has 0 heterocycles. The van der Waals surface area contributed by atoms with Crippen molar-refractivity contribution in [2.75, 3.05) is 19.6 Å². The standard InChI is InChI=1S/C14H21N2/c1-3-10-15-11-12-16(4-2)13-14-8-6-5-7-9-14/h4-9,15H,1-3,10-13H2. The van der Waals surface area contributed by atoms with Crippen LogP contribution < -0.4 is 5.32 Å². The van der Waals surface area contributed by atoms with E-state index in [0.29, 0.717) is 0 Å². The third-order valence-corrected chi connectivity index (χ3v) is 2.42. The van der Waals surface area contributed by atoms with Gasteiger partial charge in [0.1, 0.15) is 0 Å². The summed E-state index contributed by atoms with van der Waals surface area (Å²) in [5, 5.41) is 3.33. The molecule has 0 saturated heterocycles. The molecule has 16 heavy (non-hydrogen) atoms. The van der Waals surface area contributed by atoms with E-state index >= 15 is 0 Å². The number of benzene rings is 1. The van der Waals surface area contributed by atoms with Crippen molar-refractivity contribution in [1.29, 1.82) is 0 Å². The lowest BCUT2D eigenvalue weighted by Crippen LogP contribution is -2.28. The van der Waals surface area contributed by atoms with Gasteiger partial charge in [0.05, 0.1) is 0 Å². The first-order valence-corrected chi connectivity index (χ1v) is 5.77. The second-order valence-electron chi connectivity index (χ2n) is 3.74.